The monoisotopic (exact) mass is 466 g/mol. The molecule has 7 heteroatoms. The number of aliphatic hydroxyl groups excluding tert-OH is 1. The molecule has 0 aromatic rings. The Labute approximate surface area is 192 Å². The second-order valence-electron chi connectivity index (χ2n) is 10.0. The number of rotatable bonds is 23. The van der Waals surface area contributed by atoms with E-state index >= 15 is 0 Å². The average molecular weight is 467 g/mol. The number of aliphatic hydroxyl groups is 1. The van der Waals surface area contributed by atoms with Gasteiger partial charge in [0.2, 0.25) is 0 Å². The maximum Gasteiger partial charge on any atom is 0.472 e. The van der Waals surface area contributed by atoms with Gasteiger partial charge in [0.05, 0.1) is 34.4 Å². The van der Waals surface area contributed by atoms with Crippen LogP contribution in [0.25, 0.3) is 0 Å². The van der Waals surface area contributed by atoms with Gasteiger partial charge < -0.3 is 14.5 Å². The predicted molar refractivity (Wildman–Crippen MR) is 130 cm³/mol. The number of hydrogen-bond acceptors (Lipinski definition) is 4. The number of quaternary nitrogens is 1. The minimum absolute atomic E-state index is 0.192. The van der Waals surface area contributed by atoms with Crippen molar-refractivity contribution in [2.75, 3.05) is 40.9 Å². The highest BCUT2D eigenvalue weighted by molar-refractivity contribution is 7.47. The molecule has 0 aliphatic carbocycles. The molecule has 2 N–H and O–H groups in total. The molecule has 0 saturated carbocycles. The number of phosphoric acid groups is 1. The van der Waals surface area contributed by atoms with Crippen LogP contribution in [-0.4, -0.2) is 61.5 Å². The van der Waals surface area contributed by atoms with E-state index in [1.807, 2.05) is 21.1 Å². The summed E-state index contributed by atoms with van der Waals surface area (Å²) in [4.78, 5) is 9.68. The van der Waals surface area contributed by atoms with Gasteiger partial charge in [-0.3, -0.25) is 9.05 Å². The maximum atomic E-state index is 11.8. The highest BCUT2D eigenvalue weighted by atomic mass is 31.2. The largest absolute Gasteiger partial charge is 0.472 e. The van der Waals surface area contributed by atoms with E-state index in [9.17, 15) is 14.6 Å². The van der Waals surface area contributed by atoms with E-state index in [0.29, 0.717) is 11.0 Å². The van der Waals surface area contributed by atoms with Crippen LogP contribution >= 0.6 is 7.82 Å². The number of likely N-dealkylation sites (N-methyl/N-ethyl adjacent to an activating group) is 1. The molecule has 188 valence electrons. The third kappa shape index (κ3) is 24.5. The van der Waals surface area contributed by atoms with Crippen molar-refractivity contribution in [3.63, 3.8) is 0 Å². The van der Waals surface area contributed by atoms with Crippen LogP contribution in [0.5, 0.6) is 0 Å². The summed E-state index contributed by atoms with van der Waals surface area (Å²) in [6, 6.07) is 0. The third-order valence-corrected chi connectivity index (χ3v) is 6.43. The molecule has 0 rings (SSSR count). The van der Waals surface area contributed by atoms with Crippen LogP contribution in [0.3, 0.4) is 0 Å². The van der Waals surface area contributed by atoms with E-state index in [4.69, 9.17) is 9.05 Å². The van der Waals surface area contributed by atoms with Gasteiger partial charge in [0, 0.05) is 0 Å². The normalized spacial score (nSPS) is 15.2. The summed E-state index contributed by atoms with van der Waals surface area (Å²) in [5.74, 6) is 0. The second kappa shape index (κ2) is 19.5. The molecule has 0 saturated heterocycles. The van der Waals surface area contributed by atoms with Gasteiger partial charge in [-0.2, -0.15) is 0 Å². The van der Waals surface area contributed by atoms with Gasteiger partial charge in [-0.25, -0.2) is 4.57 Å². The minimum Gasteiger partial charge on any atom is -0.385 e. The zero-order valence-corrected chi connectivity index (χ0v) is 21.9. The van der Waals surface area contributed by atoms with Crippen molar-refractivity contribution < 1.29 is 28.1 Å². The Morgan fingerprint density at radius 3 is 1.48 bits per heavy atom. The zero-order chi connectivity index (χ0) is 23.4. The molecule has 0 heterocycles. The molecular formula is C24H53NO5P+. The fourth-order valence-corrected chi connectivity index (χ4v) is 4.53. The van der Waals surface area contributed by atoms with Gasteiger partial charge in [-0.1, -0.05) is 103 Å². The van der Waals surface area contributed by atoms with Crippen molar-refractivity contribution in [1.29, 1.82) is 0 Å². The summed E-state index contributed by atoms with van der Waals surface area (Å²) >= 11 is 0. The third-order valence-electron chi connectivity index (χ3n) is 5.44. The lowest BCUT2D eigenvalue weighted by atomic mass is 10.0. The molecule has 0 aliphatic heterocycles. The van der Waals surface area contributed by atoms with Crippen molar-refractivity contribution in [1.82, 2.24) is 0 Å². The molecule has 0 aromatic carbocycles. The fraction of sp³-hybridized carbons (Fsp3) is 1.00. The van der Waals surface area contributed by atoms with E-state index in [1.165, 1.54) is 83.5 Å². The Kier molecular flexibility index (Phi) is 19.5. The lowest BCUT2D eigenvalue weighted by Crippen LogP contribution is -2.42. The summed E-state index contributed by atoms with van der Waals surface area (Å²) in [6.45, 7) is 2.74. The van der Waals surface area contributed by atoms with E-state index < -0.39 is 13.9 Å². The number of hydrogen-bond donors (Lipinski definition) is 2. The first-order valence-corrected chi connectivity index (χ1v) is 14.3. The van der Waals surface area contributed by atoms with Crippen LogP contribution in [0.2, 0.25) is 0 Å². The van der Waals surface area contributed by atoms with E-state index in [2.05, 4.69) is 6.92 Å². The first kappa shape index (κ1) is 31.0. The quantitative estimate of drug-likeness (QED) is 0.103. The Balaban J connectivity index is 3.39. The Hall–Kier alpha value is 0.0300. The topological polar surface area (TPSA) is 76.0 Å². The van der Waals surface area contributed by atoms with E-state index in [-0.39, 0.29) is 13.2 Å². The summed E-state index contributed by atoms with van der Waals surface area (Å²) < 4.78 is 22.3. The van der Waals surface area contributed by atoms with Gasteiger partial charge in [0.1, 0.15) is 12.6 Å². The molecular weight excluding hydrogens is 413 g/mol. The van der Waals surface area contributed by atoms with Crippen LogP contribution in [0.15, 0.2) is 0 Å². The first-order valence-electron chi connectivity index (χ1n) is 12.8. The highest BCUT2D eigenvalue weighted by Crippen LogP contribution is 2.43. The van der Waals surface area contributed by atoms with Crippen LogP contribution in [0, 0.1) is 0 Å². The summed E-state index contributed by atoms with van der Waals surface area (Å²) in [7, 11) is 1.75. The van der Waals surface area contributed by atoms with Crippen molar-refractivity contribution in [2.24, 2.45) is 0 Å². The zero-order valence-electron chi connectivity index (χ0n) is 21.0. The molecule has 0 bridgehead atoms. The van der Waals surface area contributed by atoms with Crippen LogP contribution in [-0.2, 0) is 13.6 Å². The molecule has 0 radical (unpaired) electrons. The second-order valence-corrected chi connectivity index (χ2v) is 11.5. The van der Waals surface area contributed by atoms with Crippen LogP contribution in [0.1, 0.15) is 110 Å². The standard InChI is InChI=1S/C24H52NO5P/c1-5-6-7-8-9-10-11-12-13-14-15-16-17-18-19-20-21-29-31(27,28)30-23-24(26)22-25(2,3)4/h24,26H,5-23H2,1-4H3/p+1. The molecule has 0 amide bonds. The minimum atomic E-state index is -4.07. The molecule has 6 nitrogen and oxygen atoms in total. The summed E-state index contributed by atoms with van der Waals surface area (Å²) in [6.07, 6.45) is 19.8. The maximum absolute atomic E-state index is 11.8. The summed E-state index contributed by atoms with van der Waals surface area (Å²) in [5.41, 5.74) is 0. The van der Waals surface area contributed by atoms with Crippen molar-refractivity contribution in [3.8, 4) is 0 Å². The number of unbranched alkanes of at least 4 members (excludes halogenated alkanes) is 15. The highest BCUT2D eigenvalue weighted by Gasteiger charge is 2.24. The fourth-order valence-electron chi connectivity index (χ4n) is 3.73. The summed E-state index contributed by atoms with van der Waals surface area (Å²) in [5, 5.41) is 9.84. The smallest absolute Gasteiger partial charge is 0.385 e. The van der Waals surface area contributed by atoms with Crippen molar-refractivity contribution in [3.05, 3.63) is 0 Å². The predicted octanol–water partition coefficient (Wildman–Crippen LogP) is 6.45. The lowest BCUT2D eigenvalue weighted by molar-refractivity contribution is -0.873. The van der Waals surface area contributed by atoms with Crippen LogP contribution < -0.4 is 0 Å². The SMILES string of the molecule is CCCCCCCCCCCCCCCCCCOP(=O)(O)OCC(O)C[N+](C)(C)C. The Bertz CT molecular complexity index is 442. The van der Waals surface area contributed by atoms with Gasteiger partial charge in [-0.15, -0.1) is 0 Å². The first-order chi connectivity index (χ1) is 14.7. The lowest BCUT2D eigenvalue weighted by Gasteiger charge is -2.26. The number of nitrogens with zero attached hydrogens (tertiary/aromatic N) is 1. The molecule has 31 heavy (non-hydrogen) atoms. The van der Waals surface area contributed by atoms with Gasteiger partial charge >= 0.3 is 7.82 Å². The molecule has 0 aromatic heterocycles. The average Bonchev–Trinajstić information content (AvgIpc) is 2.67. The van der Waals surface area contributed by atoms with E-state index in [1.54, 1.807) is 0 Å². The molecule has 0 aliphatic rings. The van der Waals surface area contributed by atoms with Crippen LogP contribution in [0.4, 0.5) is 0 Å². The van der Waals surface area contributed by atoms with E-state index in [0.717, 1.165) is 19.3 Å². The number of phosphoric ester groups is 1. The molecule has 2 atom stereocenters. The molecule has 0 spiro atoms. The Morgan fingerprint density at radius 2 is 1.10 bits per heavy atom. The Morgan fingerprint density at radius 1 is 0.710 bits per heavy atom. The molecule has 2 unspecified atom stereocenters. The van der Waals surface area contributed by atoms with Gasteiger partial charge in [0.25, 0.3) is 0 Å². The van der Waals surface area contributed by atoms with Gasteiger partial charge in [0.15, 0.2) is 0 Å². The molecule has 0 fully saturated rings. The van der Waals surface area contributed by atoms with Gasteiger partial charge in [-0.05, 0) is 6.42 Å². The van der Waals surface area contributed by atoms with Crippen molar-refractivity contribution in [2.45, 2.75) is 116 Å². The van der Waals surface area contributed by atoms with Crippen molar-refractivity contribution >= 4 is 7.82 Å².